The smallest absolute Gasteiger partial charge is 0 e. The van der Waals surface area contributed by atoms with Gasteiger partial charge in [0.15, 0.2) is 0 Å². The largest absolute Gasteiger partial charge is 0.999 e. The van der Waals surface area contributed by atoms with Crippen molar-refractivity contribution in [2.45, 2.75) is 6.54 Å². The molecule has 0 saturated heterocycles. The van der Waals surface area contributed by atoms with Gasteiger partial charge in [-0.15, -0.1) is 0 Å². The molecule has 2 N–H and O–H groups in total. The second-order valence-corrected chi connectivity index (χ2v) is 1.87. The maximum Gasteiger partial charge on any atom is 0 e. The minimum absolute atomic E-state index is 0. The summed E-state index contributed by atoms with van der Waals surface area (Å²) in [7, 11) is 0. The molecular weight excluding hydrogens is 202 g/mol. The number of hydrogen-bond donors (Lipinski definition) is 1. The molecule has 0 aromatic heterocycles. The van der Waals surface area contributed by atoms with Crippen LogP contribution in [0.15, 0.2) is 6.07 Å². The van der Waals surface area contributed by atoms with Crippen molar-refractivity contribution in [2.24, 2.45) is 5.73 Å². The molecule has 2 rings (SSSR count). The van der Waals surface area contributed by atoms with Crippen LogP contribution in [0.3, 0.4) is 0 Å². The van der Waals surface area contributed by atoms with Gasteiger partial charge in [-0.25, -0.2) is 0 Å². The molecule has 1 nitrogen and oxygen atoms in total. The summed E-state index contributed by atoms with van der Waals surface area (Å²) in [6.45, 7) is 0.486. The van der Waals surface area contributed by atoms with Crippen LogP contribution in [-0.4, -0.2) is 0 Å². The Kier molecular flexibility index (Phi) is 7.32. The van der Waals surface area contributed by atoms with Crippen LogP contribution in [0.2, 0.25) is 0 Å². The molecule has 13 heavy (non-hydrogen) atoms. The second kappa shape index (κ2) is 7.81. The van der Waals surface area contributed by atoms with Crippen molar-refractivity contribution in [3.8, 4) is 0 Å². The Balaban J connectivity index is 0.000000215. The fraction of sp³-hybridized carbons (Fsp3) is 0.0909. The van der Waals surface area contributed by atoms with E-state index in [4.69, 9.17) is 5.73 Å². The molecular formula is C11H5FeN-10. The van der Waals surface area contributed by atoms with Crippen LogP contribution in [-0.2, 0) is 23.6 Å². The van der Waals surface area contributed by atoms with Gasteiger partial charge in [-0.3, -0.25) is 0 Å². The average Bonchev–Trinajstić information content (AvgIpc) is 2.81. The van der Waals surface area contributed by atoms with E-state index in [2.05, 4.69) is 48.5 Å². The van der Waals surface area contributed by atoms with Crippen molar-refractivity contribution >= 4 is 0 Å². The summed E-state index contributed by atoms with van der Waals surface area (Å²) in [5, 5.41) is 0. The van der Waals surface area contributed by atoms with Crippen LogP contribution in [0.4, 0.5) is 0 Å². The van der Waals surface area contributed by atoms with E-state index in [-0.39, 0.29) is 17.1 Å². The Hall–Kier alpha value is -0.821. The number of nitrogens with two attached hydrogens (primary N) is 1. The maximum atomic E-state index is 5.19. The van der Waals surface area contributed by atoms with Crippen LogP contribution < -0.4 is 5.73 Å². The van der Waals surface area contributed by atoms with E-state index in [1.54, 1.807) is 6.07 Å². The molecule has 72 valence electrons. The average molecular weight is 207 g/mol. The maximum absolute atomic E-state index is 5.19. The predicted molar refractivity (Wildman–Crippen MR) is 42.6 cm³/mol. The Bertz CT molecular complexity index is 241. The zero-order valence-corrected chi connectivity index (χ0v) is 7.82. The summed E-state index contributed by atoms with van der Waals surface area (Å²) in [6, 6.07) is 22.6. The number of hydrogen-bond acceptors (Lipinski definition) is 1. The van der Waals surface area contributed by atoms with E-state index in [9.17, 15) is 0 Å². The number of rotatable bonds is 1. The van der Waals surface area contributed by atoms with Gasteiger partial charge in [-0.05, 0) is 0 Å². The third kappa shape index (κ3) is 5.42. The van der Waals surface area contributed by atoms with Gasteiger partial charge in [0.2, 0.25) is 0 Å². The van der Waals surface area contributed by atoms with Gasteiger partial charge in [-0.1, -0.05) is 0 Å². The first kappa shape index (κ1) is 12.2. The SMILES string of the molecule is NC[c-]1[c-][c-][c-][c-]1.[Fe].[c-]1[c-][c-][cH-][c-]1. The molecule has 0 atom stereocenters. The molecule has 0 unspecified atom stereocenters. The van der Waals surface area contributed by atoms with Crippen molar-refractivity contribution in [1.29, 1.82) is 0 Å². The molecule has 0 aliphatic rings. The van der Waals surface area contributed by atoms with Crippen LogP contribution in [0, 0.1) is 48.5 Å². The topological polar surface area (TPSA) is 26.0 Å². The molecule has 2 aromatic carbocycles. The molecule has 0 heterocycles. The van der Waals surface area contributed by atoms with Gasteiger partial charge < -0.3 is 65.9 Å². The van der Waals surface area contributed by atoms with Gasteiger partial charge in [0, 0.05) is 17.1 Å². The van der Waals surface area contributed by atoms with Gasteiger partial charge in [0.25, 0.3) is 0 Å². The van der Waals surface area contributed by atoms with E-state index < -0.39 is 0 Å². The van der Waals surface area contributed by atoms with Gasteiger partial charge in [0.1, 0.15) is 0 Å². The standard InChI is InChI=1S/C6H4N.C5H.Fe/c7-5-6-3-1-2-4-6;1-2-4-5-3-1;/h5,7H2;1H;/q2*-5;. The van der Waals surface area contributed by atoms with Gasteiger partial charge in [-0.2, -0.15) is 6.54 Å². The van der Waals surface area contributed by atoms with Gasteiger partial charge >= 0.3 is 0 Å². The van der Waals surface area contributed by atoms with Crippen molar-refractivity contribution in [2.75, 3.05) is 0 Å². The first-order valence-electron chi connectivity index (χ1n) is 3.34. The zero-order chi connectivity index (χ0) is 8.65. The van der Waals surface area contributed by atoms with Gasteiger partial charge in [0.05, 0.1) is 0 Å². The van der Waals surface area contributed by atoms with Crippen LogP contribution in [0.25, 0.3) is 0 Å². The quantitative estimate of drug-likeness (QED) is 0.539. The van der Waals surface area contributed by atoms with Crippen molar-refractivity contribution in [1.82, 2.24) is 0 Å². The molecule has 0 aliphatic heterocycles. The van der Waals surface area contributed by atoms with Crippen molar-refractivity contribution in [3.63, 3.8) is 0 Å². The van der Waals surface area contributed by atoms with Crippen LogP contribution in [0.1, 0.15) is 5.56 Å². The second-order valence-electron chi connectivity index (χ2n) is 1.87. The summed E-state index contributed by atoms with van der Waals surface area (Å²) >= 11 is 0. The van der Waals surface area contributed by atoms with E-state index in [1.807, 2.05) is 0 Å². The van der Waals surface area contributed by atoms with Crippen molar-refractivity contribution < 1.29 is 17.1 Å². The molecule has 0 aliphatic carbocycles. The minimum Gasteiger partial charge on any atom is -0.999 e. The molecule has 0 radical (unpaired) electrons. The fourth-order valence-corrected chi connectivity index (χ4v) is 0.527. The molecule has 0 amide bonds. The molecule has 0 fully saturated rings. The van der Waals surface area contributed by atoms with Crippen LogP contribution in [0.5, 0.6) is 0 Å². The van der Waals surface area contributed by atoms with E-state index >= 15 is 0 Å². The first-order chi connectivity index (χ1) is 5.93. The predicted octanol–water partition coefficient (Wildman–Crippen LogP) is 0.669. The Morgan fingerprint density at radius 3 is 1.77 bits per heavy atom. The zero-order valence-electron chi connectivity index (χ0n) is 6.72. The summed E-state index contributed by atoms with van der Waals surface area (Å²) in [5.41, 5.74) is 6.04. The first-order valence-corrected chi connectivity index (χ1v) is 3.34. The summed E-state index contributed by atoms with van der Waals surface area (Å²) in [4.78, 5) is 0. The molecule has 0 spiro atoms. The van der Waals surface area contributed by atoms with E-state index in [1.165, 1.54) is 0 Å². The molecule has 2 aromatic rings. The molecule has 0 saturated carbocycles. The fourth-order valence-electron chi connectivity index (χ4n) is 0.527. The third-order valence-electron chi connectivity index (χ3n) is 1.04. The third-order valence-corrected chi connectivity index (χ3v) is 1.04. The van der Waals surface area contributed by atoms with E-state index in [0.717, 1.165) is 5.56 Å². The normalized spacial score (nSPS) is 8.08. The van der Waals surface area contributed by atoms with E-state index in [0.29, 0.717) is 6.54 Å². The Morgan fingerprint density at radius 2 is 1.54 bits per heavy atom. The molecule has 2 heteroatoms. The monoisotopic (exact) mass is 207 g/mol. The molecule has 0 bridgehead atoms. The van der Waals surface area contributed by atoms with Crippen LogP contribution >= 0.6 is 0 Å². The minimum atomic E-state index is 0. The van der Waals surface area contributed by atoms with Crippen molar-refractivity contribution in [3.05, 3.63) is 60.2 Å². The summed E-state index contributed by atoms with van der Waals surface area (Å²) in [6.07, 6.45) is 0. The Labute approximate surface area is 89.8 Å². The summed E-state index contributed by atoms with van der Waals surface area (Å²) in [5.74, 6) is 0. The summed E-state index contributed by atoms with van der Waals surface area (Å²) < 4.78 is 0. The Morgan fingerprint density at radius 1 is 1.00 bits per heavy atom.